The first-order chi connectivity index (χ1) is 10.4. The summed E-state index contributed by atoms with van der Waals surface area (Å²) in [6, 6.07) is -0.997. The van der Waals surface area contributed by atoms with Gasteiger partial charge in [-0.2, -0.15) is 0 Å². The Morgan fingerprint density at radius 1 is 1.45 bits per heavy atom. The van der Waals surface area contributed by atoms with Crippen molar-refractivity contribution in [2.45, 2.75) is 59.5 Å². The smallest absolute Gasteiger partial charge is 0.180 e. The van der Waals surface area contributed by atoms with Gasteiger partial charge in [-0.1, -0.05) is 44.5 Å². The Kier molecular flexibility index (Phi) is 4.32. The zero-order chi connectivity index (χ0) is 18.1. The van der Waals surface area contributed by atoms with Crippen LogP contribution in [0.4, 0.5) is 0 Å². The van der Waals surface area contributed by atoms with Crippen molar-refractivity contribution in [3.63, 3.8) is 0 Å². The molecular weight excluding hydrogens is 270 g/mol. The van der Waals surface area contributed by atoms with Crippen molar-refractivity contribution in [2.75, 3.05) is 0 Å². The van der Waals surface area contributed by atoms with Crippen LogP contribution in [0.3, 0.4) is 0 Å². The predicted octanol–water partition coefficient (Wildman–Crippen LogP) is 4.63. The lowest BCUT2D eigenvalue weighted by Crippen LogP contribution is -2.51. The molecule has 2 nitrogen and oxygen atoms in total. The largest absolute Gasteiger partial charge is 0.302 e. The number of benzene rings is 1. The van der Waals surface area contributed by atoms with E-state index in [2.05, 4.69) is 5.32 Å². The normalized spacial score (nSPS) is 15.7. The molecule has 1 rings (SSSR count). The number of nitrogens with one attached hydrogen (secondary N) is 1. The number of halogens is 1. The van der Waals surface area contributed by atoms with Crippen molar-refractivity contribution in [3.8, 4) is 0 Å². The highest BCUT2D eigenvalue weighted by Crippen LogP contribution is 2.21. The Bertz CT molecular complexity index is 585. The Balaban J connectivity index is 3.42. The fraction of sp³-hybridized carbons (Fsp3) is 0.588. The number of hydrogen-bond donors (Lipinski definition) is 1. The minimum Gasteiger partial charge on any atom is -0.302 e. The van der Waals surface area contributed by atoms with Crippen molar-refractivity contribution in [1.82, 2.24) is 5.32 Å². The number of rotatable bonds is 6. The Hall–Kier alpha value is -0.860. The zero-order valence-electron chi connectivity index (χ0n) is 16.1. The third kappa shape index (κ3) is 4.32. The third-order valence-electron chi connectivity index (χ3n) is 3.56. The molecule has 1 aromatic carbocycles. The molecule has 0 amide bonds. The molecule has 0 spiro atoms. The number of carbonyl (C=O) groups excluding carboxylic acids is 1. The standard InChI is InChI=1S/C17H26ClNO/c1-7-17(5,6)19-15(11(2)3)16(20)13-9-8-12(4)14(18)10-13/h8-11,15,19H,7H2,1-6H3/i8D,9D,10D. The second-order valence-electron chi connectivity index (χ2n) is 6.16. The van der Waals surface area contributed by atoms with Gasteiger partial charge in [-0.15, -0.1) is 0 Å². The molecule has 0 radical (unpaired) electrons. The van der Waals surface area contributed by atoms with Crippen LogP contribution in [-0.2, 0) is 0 Å². The van der Waals surface area contributed by atoms with Crippen LogP contribution in [0.2, 0.25) is 5.02 Å². The molecule has 0 saturated carbocycles. The number of Topliss-reactive ketones (excluding diaryl/α,β-unsaturated/α-hetero) is 1. The van der Waals surface area contributed by atoms with Crippen LogP contribution >= 0.6 is 11.6 Å². The summed E-state index contributed by atoms with van der Waals surface area (Å²) in [6.07, 6.45) is 0.837. The van der Waals surface area contributed by atoms with E-state index in [1.165, 1.54) is 0 Å². The van der Waals surface area contributed by atoms with Crippen molar-refractivity contribution in [2.24, 2.45) is 5.92 Å². The van der Waals surface area contributed by atoms with Crippen molar-refractivity contribution < 1.29 is 8.91 Å². The minimum atomic E-state index is -0.531. The zero-order valence-corrected chi connectivity index (χ0v) is 13.9. The summed E-state index contributed by atoms with van der Waals surface area (Å²) < 4.78 is 24.2. The van der Waals surface area contributed by atoms with Crippen LogP contribution in [0, 0.1) is 12.8 Å². The molecule has 1 N–H and O–H groups in total. The van der Waals surface area contributed by atoms with E-state index in [0.29, 0.717) is 5.56 Å². The van der Waals surface area contributed by atoms with Crippen LogP contribution in [0.1, 0.15) is 61.1 Å². The summed E-state index contributed by atoms with van der Waals surface area (Å²) in [5, 5.41) is 3.40. The fourth-order valence-corrected chi connectivity index (χ4v) is 1.92. The van der Waals surface area contributed by atoms with E-state index in [1.54, 1.807) is 6.92 Å². The average Bonchev–Trinajstić information content (AvgIpc) is 2.48. The van der Waals surface area contributed by atoms with Crippen LogP contribution in [0.15, 0.2) is 18.1 Å². The lowest BCUT2D eigenvalue weighted by Gasteiger charge is -2.32. The molecule has 1 unspecified atom stereocenters. The van der Waals surface area contributed by atoms with Gasteiger partial charge < -0.3 is 5.32 Å². The van der Waals surface area contributed by atoms with Crippen molar-refractivity contribution in [1.29, 1.82) is 0 Å². The third-order valence-corrected chi connectivity index (χ3v) is 3.94. The van der Waals surface area contributed by atoms with E-state index >= 15 is 0 Å². The molecular formula is C17H26ClNO. The maximum Gasteiger partial charge on any atom is 0.180 e. The Morgan fingerprint density at radius 3 is 2.55 bits per heavy atom. The molecule has 0 bridgehead atoms. The first kappa shape index (κ1) is 12.8. The first-order valence-electron chi connectivity index (χ1n) is 8.52. The van der Waals surface area contributed by atoms with Gasteiger partial charge in [0.05, 0.1) is 10.2 Å². The van der Waals surface area contributed by atoms with Crippen LogP contribution in [0.25, 0.3) is 0 Å². The molecule has 0 aromatic heterocycles. The highest BCUT2D eigenvalue weighted by Gasteiger charge is 2.28. The van der Waals surface area contributed by atoms with Gasteiger partial charge in [0.2, 0.25) is 0 Å². The molecule has 3 heteroatoms. The maximum atomic E-state index is 13.0. The molecule has 20 heavy (non-hydrogen) atoms. The highest BCUT2D eigenvalue weighted by molar-refractivity contribution is 6.31. The summed E-state index contributed by atoms with van der Waals surface area (Å²) in [7, 11) is 0. The lowest BCUT2D eigenvalue weighted by molar-refractivity contribution is 0.0890. The van der Waals surface area contributed by atoms with Gasteiger partial charge in [0, 0.05) is 16.1 Å². The Labute approximate surface area is 132 Å². The summed E-state index contributed by atoms with van der Waals surface area (Å²) in [6.45, 7) is 11.5. The average molecular weight is 299 g/mol. The van der Waals surface area contributed by atoms with Gasteiger partial charge in [0.15, 0.2) is 5.78 Å². The van der Waals surface area contributed by atoms with E-state index < -0.39 is 6.04 Å². The van der Waals surface area contributed by atoms with Gasteiger partial charge in [0.1, 0.15) is 0 Å². The van der Waals surface area contributed by atoms with E-state index in [9.17, 15) is 4.79 Å². The number of ketones is 1. The maximum absolute atomic E-state index is 13.0. The SMILES string of the molecule is [2H]c1c([2H])c(C(=O)C(NC(C)(C)CC)C(C)C)c([2H])c(Cl)c1C. The van der Waals surface area contributed by atoms with Gasteiger partial charge in [0.25, 0.3) is 0 Å². The van der Waals surface area contributed by atoms with Gasteiger partial charge >= 0.3 is 0 Å². The number of hydrogen-bond acceptors (Lipinski definition) is 2. The lowest BCUT2D eigenvalue weighted by atomic mass is 9.90. The molecule has 1 aromatic rings. The second kappa shape index (κ2) is 6.73. The van der Waals surface area contributed by atoms with E-state index in [-0.39, 0.29) is 46.0 Å². The van der Waals surface area contributed by atoms with Gasteiger partial charge in [-0.25, -0.2) is 0 Å². The summed E-state index contributed by atoms with van der Waals surface area (Å²) in [5.41, 5.74) is 0.0534. The summed E-state index contributed by atoms with van der Waals surface area (Å²) in [5.74, 6) is -0.353. The van der Waals surface area contributed by atoms with Crippen molar-refractivity contribution in [3.05, 3.63) is 34.3 Å². The first-order valence-corrected chi connectivity index (χ1v) is 7.40. The molecule has 0 aliphatic carbocycles. The minimum absolute atomic E-state index is 0.0126. The Morgan fingerprint density at radius 2 is 2.05 bits per heavy atom. The summed E-state index contributed by atoms with van der Waals surface area (Å²) in [4.78, 5) is 13.0. The van der Waals surface area contributed by atoms with Crippen LogP contribution < -0.4 is 5.32 Å². The highest BCUT2D eigenvalue weighted by atomic mass is 35.5. The van der Waals surface area contributed by atoms with E-state index in [0.717, 1.165) is 6.42 Å². The predicted molar refractivity (Wildman–Crippen MR) is 86.7 cm³/mol. The van der Waals surface area contributed by atoms with Crippen LogP contribution in [-0.4, -0.2) is 17.4 Å². The quantitative estimate of drug-likeness (QED) is 0.776. The monoisotopic (exact) mass is 298 g/mol. The molecule has 0 saturated heterocycles. The van der Waals surface area contributed by atoms with Gasteiger partial charge in [-0.3, -0.25) is 4.79 Å². The van der Waals surface area contributed by atoms with Gasteiger partial charge in [-0.05, 0) is 44.7 Å². The van der Waals surface area contributed by atoms with Crippen molar-refractivity contribution >= 4 is 17.4 Å². The second-order valence-corrected chi connectivity index (χ2v) is 6.53. The molecule has 0 fully saturated rings. The molecule has 1 atom stereocenters. The van der Waals surface area contributed by atoms with E-state index in [4.69, 9.17) is 15.7 Å². The topological polar surface area (TPSA) is 29.1 Å². The fourth-order valence-electron chi connectivity index (χ4n) is 1.78. The molecule has 0 aliphatic rings. The van der Waals surface area contributed by atoms with E-state index in [1.807, 2.05) is 34.6 Å². The molecule has 0 heterocycles. The summed E-state index contributed by atoms with van der Waals surface area (Å²) >= 11 is 6.09. The molecule has 0 aliphatic heterocycles. The van der Waals surface area contributed by atoms with Crippen LogP contribution in [0.5, 0.6) is 0 Å². The number of carbonyl (C=O) groups is 1. The molecule has 112 valence electrons.